The summed E-state index contributed by atoms with van der Waals surface area (Å²) in [5.41, 5.74) is 26.6. The topological polar surface area (TPSA) is 6.48 Å². The fourth-order valence-corrected chi connectivity index (χ4v) is 11.6. The van der Waals surface area contributed by atoms with E-state index in [1.165, 1.54) is 112 Å². The lowest BCUT2D eigenvalue weighted by molar-refractivity contribution is 0.431. The molecule has 0 N–H and O–H groups in total. The van der Waals surface area contributed by atoms with Crippen molar-refractivity contribution in [3.05, 3.63) is 237 Å². The first-order chi connectivity index (χ1) is 30.9. The molecule has 2 unspecified atom stereocenters. The van der Waals surface area contributed by atoms with Gasteiger partial charge in [0.25, 0.3) is 0 Å². The zero-order chi connectivity index (χ0) is 44.1. The van der Waals surface area contributed by atoms with E-state index >= 15 is 0 Å². The molecular formula is C62H58N2. The molecule has 0 aromatic heterocycles. The highest BCUT2D eigenvalue weighted by molar-refractivity contribution is 5.88. The lowest BCUT2D eigenvalue weighted by atomic mass is 9.58. The highest BCUT2D eigenvalue weighted by Gasteiger charge is 2.53. The first kappa shape index (κ1) is 40.2. The molecule has 316 valence electrons. The van der Waals surface area contributed by atoms with Crippen LogP contribution < -0.4 is 9.80 Å². The lowest BCUT2D eigenvalue weighted by Crippen LogP contribution is -2.40. The minimum Gasteiger partial charge on any atom is -0.311 e. The van der Waals surface area contributed by atoms with Crippen molar-refractivity contribution in [1.29, 1.82) is 0 Å². The van der Waals surface area contributed by atoms with Gasteiger partial charge in [0.15, 0.2) is 0 Å². The van der Waals surface area contributed by atoms with Gasteiger partial charge in [0.1, 0.15) is 0 Å². The van der Waals surface area contributed by atoms with Gasteiger partial charge in [-0.15, -0.1) is 0 Å². The fourth-order valence-electron chi connectivity index (χ4n) is 11.6. The number of anilines is 6. The van der Waals surface area contributed by atoms with Crippen molar-refractivity contribution in [3.63, 3.8) is 0 Å². The predicted molar refractivity (Wildman–Crippen MR) is 270 cm³/mol. The van der Waals surface area contributed by atoms with Crippen LogP contribution in [0.25, 0.3) is 11.1 Å². The number of benzene rings is 8. The first-order valence-electron chi connectivity index (χ1n) is 23.4. The number of hydrogen-bond donors (Lipinski definition) is 0. The van der Waals surface area contributed by atoms with Gasteiger partial charge in [-0.2, -0.15) is 0 Å². The van der Waals surface area contributed by atoms with Crippen LogP contribution in [0.5, 0.6) is 0 Å². The number of nitrogens with zero attached hydrogens (tertiary/aromatic N) is 2. The minimum absolute atomic E-state index is 0.0116. The number of rotatable bonds is 10. The highest BCUT2D eigenvalue weighted by Crippen LogP contribution is 2.63. The maximum Gasteiger partial charge on any atom is 0.0461 e. The molecule has 2 atom stereocenters. The SMILES string of the molecule is CCC1(c2ccc(N(c3ccc(C)cc3)c3ccc(C)cc3)cc2)Cc2cc3c(cc21)C(C)(C)c1cc2c(cc1-3)C2(CC)c1ccc(N(c2ccc(C)cc2)c2ccc(C)cc2)cc1. The van der Waals surface area contributed by atoms with Crippen LogP contribution in [0.15, 0.2) is 170 Å². The molecule has 8 aromatic rings. The van der Waals surface area contributed by atoms with E-state index in [1.54, 1.807) is 0 Å². The van der Waals surface area contributed by atoms with Crippen LogP contribution in [0.3, 0.4) is 0 Å². The van der Waals surface area contributed by atoms with E-state index in [0.29, 0.717) is 0 Å². The normalized spacial score (nSPS) is 18.3. The van der Waals surface area contributed by atoms with Gasteiger partial charge in [0.2, 0.25) is 0 Å². The van der Waals surface area contributed by atoms with Gasteiger partial charge in [-0.3, -0.25) is 0 Å². The Balaban J connectivity index is 0.906. The van der Waals surface area contributed by atoms with Crippen LogP contribution in [0.4, 0.5) is 34.1 Å². The summed E-state index contributed by atoms with van der Waals surface area (Å²) < 4.78 is 0. The molecule has 2 nitrogen and oxygen atoms in total. The summed E-state index contributed by atoms with van der Waals surface area (Å²) >= 11 is 0. The third-order valence-electron chi connectivity index (χ3n) is 15.5. The van der Waals surface area contributed by atoms with Gasteiger partial charge >= 0.3 is 0 Å². The molecule has 0 aliphatic heterocycles. The average molecular weight is 831 g/mol. The zero-order valence-corrected chi connectivity index (χ0v) is 38.7. The van der Waals surface area contributed by atoms with E-state index in [-0.39, 0.29) is 16.2 Å². The highest BCUT2D eigenvalue weighted by atomic mass is 15.1. The van der Waals surface area contributed by atoms with E-state index in [0.717, 1.165) is 19.3 Å². The van der Waals surface area contributed by atoms with Crippen molar-refractivity contribution >= 4 is 34.1 Å². The molecule has 0 amide bonds. The van der Waals surface area contributed by atoms with Crippen molar-refractivity contribution in [3.8, 4) is 11.1 Å². The number of aryl methyl sites for hydroxylation is 4. The summed E-state index contributed by atoms with van der Waals surface area (Å²) in [6.45, 7) is 18.3. The Bertz CT molecular complexity index is 2970. The molecule has 0 fully saturated rings. The summed E-state index contributed by atoms with van der Waals surface area (Å²) in [6.07, 6.45) is 3.19. The largest absolute Gasteiger partial charge is 0.311 e. The second-order valence-electron chi connectivity index (χ2n) is 19.6. The molecule has 64 heavy (non-hydrogen) atoms. The minimum atomic E-state index is -0.0925. The smallest absolute Gasteiger partial charge is 0.0461 e. The predicted octanol–water partition coefficient (Wildman–Crippen LogP) is 16.5. The quantitative estimate of drug-likeness (QED) is 0.135. The first-order valence-corrected chi connectivity index (χ1v) is 23.4. The molecule has 0 heterocycles. The van der Waals surface area contributed by atoms with Crippen LogP contribution in [0.2, 0.25) is 0 Å². The molecule has 11 rings (SSSR count). The summed E-state index contributed by atoms with van der Waals surface area (Å²) in [4.78, 5) is 4.75. The van der Waals surface area contributed by atoms with Gasteiger partial charge in [-0.25, -0.2) is 0 Å². The second kappa shape index (κ2) is 14.7. The summed E-state index contributed by atoms with van der Waals surface area (Å²) in [7, 11) is 0. The van der Waals surface area contributed by atoms with Crippen LogP contribution >= 0.6 is 0 Å². The molecule has 3 aliphatic rings. The maximum atomic E-state index is 2.61. The van der Waals surface area contributed by atoms with Crippen molar-refractivity contribution < 1.29 is 0 Å². The molecule has 2 heteroatoms. The van der Waals surface area contributed by atoms with E-state index in [1.807, 2.05) is 0 Å². The fraction of sp³-hybridized carbons (Fsp3) is 0.226. The van der Waals surface area contributed by atoms with Gasteiger partial charge < -0.3 is 9.80 Å². The Morgan fingerprint density at radius 1 is 0.375 bits per heavy atom. The van der Waals surface area contributed by atoms with E-state index in [4.69, 9.17) is 0 Å². The van der Waals surface area contributed by atoms with Gasteiger partial charge in [0, 0.05) is 50.4 Å². The van der Waals surface area contributed by atoms with Crippen molar-refractivity contribution in [1.82, 2.24) is 0 Å². The lowest BCUT2D eigenvalue weighted by Gasteiger charge is -2.45. The summed E-state index contributed by atoms with van der Waals surface area (Å²) in [5, 5.41) is 0. The van der Waals surface area contributed by atoms with E-state index < -0.39 is 0 Å². The Kier molecular flexibility index (Phi) is 9.23. The van der Waals surface area contributed by atoms with Crippen LogP contribution in [0, 0.1) is 27.7 Å². The average Bonchev–Trinajstić information content (AvgIpc) is 3.90. The molecule has 8 aromatic carbocycles. The molecular weight excluding hydrogens is 773 g/mol. The molecule has 0 saturated carbocycles. The maximum absolute atomic E-state index is 2.61. The Hall–Kier alpha value is -6.64. The third kappa shape index (κ3) is 6.06. The Labute approximate surface area is 380 Å². The molecule has 0 bridgehead atoms. The monoisotopic (exact) mass is 830 g/mol. The summed E-state index contributed by atoms with van der Waals surface area (Å²) in [6, 6.07) is 64.8. The molecule has 0 spiro atoms. The standard InChI is InChI=1S/C62H58N2/c1-9-61(45-19-31-51(32-20-45)63(47-23-11-40(3)12-24-47)48-25-13-41(4)14-26-48)39-44-35-53-54-36-58-59(38-57(54)60(7,8)56(53)37-55(44)61)62(58,10-2)46-21-33-52(34-22-46)64(49-27-15-42(5)16-28-49)50-29-17-43(6)18-30-50/h11-38H,9-10,39H2,1-8H3. The number of hydrogen-bond acceptors (Lipinski definition) is 2. The van der Waals surface area contributed by atoms with Gasteiger partial charge in [-0.1, -0.05) is 141 Å². The molecule has 0 saturated heterocycles. The number of fused-ring (bicyclic) bond motifs is 5. The molecule has 0 radical (unpaired) electrons. The van der Waals surface area contributed by atoms with Crippen molar-refractivity contribution in [2.45, 2.75) is 90.9 Å². The second-order valence-corrected chi connectivity index (χ2v) is 19.6. The Morgan fingerprint density at radius 2 is 0.719 bits per heavy atom. The van der Waals surface area contributed by atoms with E-state index in [2.05, 4.69) is 235 Å². The zero-order valence-electron chi connectivity index (χ0n) is 38.7. The summed E-state index contributed by atoms with van der Waals surface area (Å²) in [5.74, 6) is 0. The molecule has 3 aliphatic carbocycles. The Morgan fingerprint density at radius 3 is 1.11 bits per heavy atom. The van der Waals surface area contributed by atoms with Crippen LogP contribution in [0.1, 0.15) is 107 Å². The van der Waals surface area contributed by atoms with E-state index in [9.17, 15) is 0 Å². The van der Waals surface area contributed by atoms with Crippen molar-refractivity contribution in [2.75, 3.05) is 9.80 Å². The third-order valence-corrected chi connectivity index (χ3v) is 15.5. The van der Waals surface area contributed by atoms with Gasteiger partial charge in [0.05, 0.1) is 0 Å². The van der Waals surface area contributed by atoms with Gasteiger partial charge in [-0.05, 0) is 181 Å². The van der Waals surface area contributed by atoms with Crippen LogP contribution in [-0.2, 0) is 22.7 Å². The van der Waals surface area contributed by atoms with Crippen molar-refractivity contribution in [2.24, 2.45) is 0 Å². The van der Waals surface area contributed by atoms with Crippen LogP contribution in [-0.4, -0.2) is 0 Å².